The molecule has 0 aromatic rings. The second-order valence-electron chi connectivity index (χ2n) is 7.92. The van der Waals surface area contributed by atoms with Crippen molar-refractivity contribution in [2.75, 3.05) is 13.1 Å². The van der Waals surface area contributed by atoms with Crippen molar-refractivity contribution in [1.82, 2.24) is 4.90 Å². The van der Waals surface area contributed by atoms with E-state index in [1.54, 1.807) is 11.0 Å². The molecule has 0 aromatic carbocycles. The molecular formula is C16H25NO4S. The quantitative estimate of drug-likeness (QED) is 0.741. The predicted octanol–water partition coefficient (Wildman–Crippen LogP) is 2.28. The van der Waals surface area contributed by atoms with E-state index in [-0.39, 0.29) is 17.8 Å². The van der Waals surface area contributed by atoms with Crippen molar-refractivity contribution in [3.8, 4) is 0 Å². The van der Waals surface area contributed by atoms with E-state index in [2.05, 4.69) is 0 Å². The maximum absolute atomic E-state index is 12.6. The van der Waals surface area contributed by atoms with Gasteiger partial charge in [-0.25, -0.2) is 4.79 Å². The standard InChI is InChI=1S/C16H25NO4S/c1-15(2,3)21-14(19)17-8-10-7-12(18)13(11(10)9-17)22(20)16(4,5)6/h7,11,13H,8-9H2,1-6H3/t11-,13+,22-/m0/s1. The van der Waals surface area contributed by atoms with Gasteiger partial charge in [0.2, 0.25) is 0 Å². The molecular weight excluding hydrogens is 302 g/mol. The van der Waals surface area contributed by atoms with Crippen LogP contribution < -0.4 is 0 Å². The summed E-state index contributed by atoms with van der Waals surface area (Å²) in [5.41, 5.74) is 0.352. The summed E-state index contributed by atoms with van der Waals surface area (Å²) in [6.45, 7) is 11.9. The lowest BCUT2D eigenvalue weighted by molar-refractivity contribution is -0.114. The highest BCUT2D eigenvalue weighted by Gasteiger charge is 2.48. The fourth-order valence-electron chi connectivity index (χ4n) is 2.76. The molecule has 2 aliphatic rings. The summed E-state index contributed by atoms with van der Waals surface area (Å²) in [7, 11) is -1.28. The number of amides is 1. The van der Waals surface area contributed by atoms with Crippen molar-refractivity contribution in [3.05, 3.63) is 11.6 Å². The van der Waals surface area contributed by atoms with Gasteiger partial charge >= 0.3 is 6.09 Å². The molecule has 1 fully saturated rings. The van der Waals surface area contributed by atoms with Crippen LogP contribution in [-0.2, 0) is 20.3 Å². The molecule has 0 spiro atoms. The van der Waals surface area contributed by atoms with E-state index < -0.39 is 26.4 Å². The van der Waals surface area contributed by atoms with Crippen LogP contribution in [-0.4, -0.2) is 49.7 Å². The number of carbonyl (C=O) groups is 2. The van der Waals surface area contributed by atoms with Crippen LogP contribution in [0.15, 0.2) is 11.6 Å². The van der Waals surface area contributed by atoms with E-state index >= 15 is 0 Å². The van der Waals surface area contributed by atoms with Crippen molar-refractivity contribution in [3.63, 3.8) is 0 Å². The molecule has 1 aliphatic heterocycles. The first-order valence-corrected chi connectivity index (χ1v) is 8.74. The molecule has 3 atom stereocenters. The molecule has 22 heavy (non-hydrogen) atoms. The minimum atomic E-state index is -1.28. The van der Waals surface area contributed by atoms with Gasteiger partial charge in [-0.1, -0.05) is 0 Å². The number of ketones is 1. The zero-order chi connectivity index (χ0) is 16.9. The van der Waals surface area contributed by atoms with Gasteiger partial charge in [0, 0.05) is 34.6 Å². The third kappa shape index (κ3) is 3.42. The Morgan fingerprint density at radius 1 is 1.27 bits per heavy atom. The van der Waals surface area contributed by atoms with E-state index in [1.165, 1.54) is 0 Å². The van der Waals surface area contributed by atoms with Crippen molar-refractivity contribution < 1.29 is 18.5 Å². The van der Waals surface area contributed by atoms with Crippen molar-refractivity contribution in [2.45, 2.75) is 57.1 Å². The van der Waals surface area contributed by atoms with Gasteiger partial charge in [-0.15, -0.1) is 0 Å². The van der Waals surface area contributed by atoms with Crippen LogP contribution in [0.25, 0.3) is 0 Å². The van der Waals surface area contributed by atoms with Gasteiger partial charge in [0.25, 0.3) is 0 Å². The first-order chi connectivity index (χ1) is 9.90. The Bertz CT molecular complexity index is 553. The number of hydrogen-bond acceptors (Lipinski definition) is 4. The van der Waals surface area contributed by atoms with Crippen molar-refractivity contribution >= 4 is 22.7 Å². The maximum Gasteiger partial charge on any atom is 0.410 e. The molecule has 1 amide bonds. The fraction of sp³-hybridized carbons (Fsp3) is 0.750. The van der Waals surface area contributed by atoms with Crippen LogP contribution in [0.3, 0.4) is 0 Å². The molecule has 0 unspecified atom stereocenters. The Balaban J connectivity index is 2.14. The van der Waals surface area contributed by atoms with Crippen molar-refractivity contribution in [1.29, 1.82) is 0 Å². The van der Waals surface area contributed by atoms with Gasteiger partial charge in [0.1, 0.15) is 10.9 Å². The maximum atomic E-state index is 12.6. The zero-order valence-corrected chi connectivity index (χ0v) is 15.0. The number of rotatable bonds is 1. The van der Waals surface area contributed by atoms with E-state index in [9.17, 15) is 13.8 Å². The molecule has 1 aliphatic carbocycles. The Hall–Kier alpha value is -1.17. The van der Waals surface area contributed by atoms with Crippen LogP contribution in [0.1, 0.15) is 41.5 Å². The Morgan fingerprint density at radius 3 is 2.36 bits per heavy atom. The first-order valence-electron chi connectivity index (χ1n) is 7.53. The SMILES string of the molecule is CC(C)(C)OC(=O)N1CC2=CC(=O)[C@H]([S@](=O)C(C)(C)C)[C@H]2C1. The molecule has 0 N–H and O–H groups in total. The molecule has 0 bridgehead atoms. The Kier molecular flexibility index (Phi) is 4.28. The summed E-state index contributed by atoms with van der Waals surface area (Å²) in [5, 5.41) is -0.539. The summed E-state index contributed by atoms with van der Waals surface area (Å²) in [6, 6.07) is 0. The Morgan fingerprint density at radius 2 is 1.86 bits per heavy atom. The molecule has 0 aromatic heterocycles. The monoisotopic (exact) mass is 327 g/mol. The molecule has 124 valence electrons. The highest BCUT2D eigenvalue weighted by atomic mass is 32.2. The molecule has 1 heterocycles. The van der Waals surface area contributed by atoms with E-state index in [4.69, 9.17) is 4.74 Å². The van der Waals surface area contributed by atoms with Crippen LogP contribution in [0.5, 0.6) is 0 Å². The zero-order valence-electron chi connectivity index (χ0n) is 14.1. The first kappa shape index (κ1) is 17.2. The molecule has 0 saturated carbocycles. The summed E-state index contributed by atoms with van der Waals surface area (Å²) < 4.78 is 17.6. The normalized spacial score (nSPS) is 26.7. The van der Waals surface area contributed by atoms with Gasteiger partial charge in [-0.2, -0.15) is 0 Å². The minimum absolute atomic E-state index is 0.0721. The average molecular weight is 327 g/mol. The largest absolute Gasteiger partial charge is 0.444 e. The van der Waals surface area contributed by atoms with Crippen LogP contribution >= 0.6 is 0 Å². The summed E-state index contributed by atoms with van der Waals surface area (Å²) in [6.07, 6.45) is 1.19. The number of likely N-dealkylation sites (tertiary alicyclic amines) is 1. The minimum Gasteiger partial charge on any atom is -0.444 e. The summed E-state index contributed by atoms with van der Waals surface area (Å²) in [4.78, 5) is 25.9. The second-order valence-corrected chi connectivity index (χ2v) is 10.2. The number of carbonyl (C=O) groups excluding carboxylic acids is 2. The molecule has 0 radical (unpaired) electrons. The van der Waals surface area contributed by atoms with Crippen LogP contribution in [0.2, 0.25) is 0 Å². The Labute approximate surface area is 134 Å². The lowest BCUT2D eigenvalue weighted by atomic mass is 10.1. The predicted molar refractivity (Wildman–Crippen MR) is 86.1 cm³/mol. The van der Waals surface area contributed by atoms with Gasteiger partial charge in [-0.3, -0.25) is 9.00 Å². The second kappa shape index (κ2) is 5.48. The molecule has 5 nitrogen and oxygen atoms in total. The summed E-state index contributed by atoms with van der Waals surface area (Å²) in [5.74, 6) is -0.211. The van der Waals surface area contributed by atoms with E-state index in [0.717, 1.165) is 5.57 Å². The van der Waals surface area contributed by atoms with Crippen LogP contribution in [0.4, 0.5) is 4.79 Å². The molecule has 2 rings (SSSR count). The topological polar surface area (TPSA) is 63.7 Å². The highest BCUT2D eigenvalue weighted by Crippen LogP contribution is 2.37. The van der Waals surface area contributed by atoms with Crippen LogP contribution in [0, 0.1) is 5.92 Å². The number of hydrogen-bond donors (Lipinski definition) is 0. The van der Waals surface area contributed by atoms with E-state index in [0.29, 0.717) is 13.1 Å². The smallest absolute Gasteiger partial charge is 0.410 e. The lowest BCUT2D eigenvalue weighted by Crippen LogP contribution is -2.41. The lowest BCUT2D eigenvalue weighted by Gasteiger charge is -2.27. The molecule has 6 heteroatoms. The van der Waals surface area contributed by atoms with Gasteiger partial charge < -0.3 is 9.64 Å². The number of nitrogens with zero attached hydrogens (tertiary/aromatic N) is 1. The number of ether oxygens (including phenoxy) is 1. The highest BCUT2D eigenvalue weighted by molar-refractivity contribution is 7.87. The number of fused-ring (bicyclic) bond motifs is 1. The van der Waals surface area contributed by atoms with Gasteiger partial charge in [-0.05, 0) is 53.2 Å². The average Bonchev–Trinajstić information content (AvgIpc) is 2.80. The third-order valence-electron chi connectivity index (χ3n) is 3.73. The number of allylic oxidation sites excluding steroid dienone is 1. The molecule has 1 saturated heterocycles. The van der Waals surface area contributed by atoms with Crippen molar-refractivity contribution in [2.24, 2.45) is 5.92 Å². The summed E-state index contributed by atoms with van der Waals surface area (Å²) >= 11 is 0. The van der Waals surface area contributed by atoms with Gasteiger partial charge in [0.15, 0.2) is 5.78 Å². The fourth-order valence-corrected chi connectivity index (χ4v) is 4.36. The third-order valence-corrected chi connectivity index (χ3v) is 5.96. The van der Waals surface area contributed by atoms with Gasteiger partial charge in [0.05, 0.1) is 0 Å². The van der Waals surface area contributed by atoms with E-state index in [1.807, 2.05) is 41.5 Å².